The molecular weight excluding hydrogens is 573 g/mol. The summed E-state index contributed by atoms with van der Waals surface area (Å²) in [6.45, 7) is 6.31. The Morgan fingerprint density at radius 1 is 1.11 bits per heavy atom. The molecule has 2 aromatic heterocycles. The fourth-order valence-electron chi connectivity index (χ4n) is 6.43. The number of halogens is 3. The molecule has 5 heterocycles. The van der Waals surface area contributed by atoms with Gasteiger partial charge in [0.15, 0.2) is 17.5 Å². The number of pyridine rings is 1. The Balaban J connectivity index is 1.34. The highest BCUT2D eigenvalue weighted by Crippen LogP contribution is 2.35. The number of carbonyl (C=O) groups is 1. The Morgan fingerprint density at radius 2 is 1.93 bits per heavy atom. The smallest absolute Gasteiger partial charge is 0.318 e. The third-order valence-corrected chi connectivity index (χ3v) is 8.82. The number of likely N-dealkylation sites (N-methyl/N-ethyl adjacent to an activating group) is 1. The molecule has 0 unspecified atom stereocenters. The average molecular weight is 607 g/mol. The summed E-state index contributed by atoms with van der Waals surface area (Å²) in [5.41, 5.74) is 2.29. The molecule has 13 heteroatoms. The average Bonchev–Trinajstić information content (AvgIpc) is 3.43. The zero-order valence-corrected chi connectivity index (χ0v) is 24.5. The minimum absolute atomic E-state index is 0.0270. The first-order valence-corrected chi connectivity index (χ1v) is 14.7. The highest BCUT2D eigenvalue weighted by molar-refractivity contribution is 5.93. The van der Waals surface area contributed by atoms with Gasteiger partial charge >= 0.3 is 6.01 Å². The molecule has 2 atom stereocenters. The lowest BCUT2D eigenvalue weighted by molar-refractivity contribution is -0.131. The number of piperazine rings is 1. The van der Waals surface area contributed by atoms with E-state index in [0.717, 1.165) is 36.7 Å². The second-order valence-corrected chi connectivity index (χ2v) is 11.5. The van der Waals surface area contributed by atoms with Crippen LogP contribution in [0.2, 0.25) is 0 Å². The van der Waals surface area contributed by atoms with Gasteiger partial charge < -0.3 is 24.3 Å². The predicted molar refractivity (Wildman–Crippen MR) is 158 cm³/mol. The number of likely N-dealkylation sites (tertiary alicyclic amines) is 1. The largest absolute Gasteiger partial charge is 0.462 e. The Morgan fingerprint density at radius 3 is 2.68 bits per heavy atom. The lowest BCUT2D eigenvalue weighted by Gasteiger charge is -2.42. The standard InChI is InChI=1S/C31H33F3N8O2/c1-19(32)30(43)42-11-10-41(16-21(42)5-7-35)29-23-6-9-40(28-15-36-14-20-12-25(33)26(34)13-24(20)28)17-27(23)37-31(38-29)44-18-22-4-3-8-39(22)2/h12-15,21-22H,1,3-6,8-11,16-18H2,2H3/t21-,22-/m0/s1. The van der Waals surface area contributed by atoms with Gasteiger partial charge in [0, 0.05) is 54.8 Å². The van der Waals surface area contributed by atoms with Gasteiger partial charge in [0.2, 0.25) is 0 Å². The summed E-state index contributed by atoms with van der Waals surface area (Å²) in [4.78, 5) is 34.0. The minimum atomic E-state index is -1.06. The first-order valence-electron chi connectivity index (χ1n) is 14.7. The van der Waals surface area contributed by atoms with Crippen molar-refractivity contribution in [2.24, 2.45) is 0 Å². The van der Waals surface area contributed by atoms with Gasteiger partial charge in [-0.3, -0.25) is 9.78 Å². The molecular formula is C31H33F3N8O2. The molecule has 3 aliphatic rings. The van der Waals surface area contributed by atoms with E-state index in [4.69, 9.17) is 14.7 Å². The number of anilines is 2. The fourth-order valence-corrected chi connectivity index (χ4v) is 6.43. The molecule has 1 aromatic carbocycles. The van der Waals surface area contributed by atoms with Crippen LogP contribution >= 0.6 is 0 Å². The number of carbonyl (C=O) groups excluding carboxylic acids is 1. The van der Waals surface area contributed by atoms with Gasteiger partial charge in [-0.05, 0) is 45.0 Å². The SMILES string of the molecule is C=C(F)C(=O)N1CCN(c2nc(OC[C@@H]3CCCN3C)nc3c2CCN(c2cncc4cc(F)c(F)cc24)C3)C[C@@H]1CC#N. The number of hydrogen-bond donors (Lipinski definition) is 0. The number of fused-ring (bicyclic) bond motifs is 2. The van der Waals surface area contributed by atoms with Crippen molar-refractivity contribution in [2.75, 3.05) is 56.2 Å². The number of aromatic nitrogens is 3. The van der Waals surface area contributed by atoms with Gasteiger partial charge in [0.1, 0.15) is 12.4 Å². The van der Waals surface area contributed by atoms with E-state index >= 15 is 0 Å². The molecule has 1 amide bonds. The highest BCUT2D eigenvalue weighted by atomic mass is 19.2. The number of rotatable bonds is 7. The summed E-state index contributed by atoms with van der Waals surface area (Å²) in [6.07, 6.45) is 5.82. The van der Waals surface area contributed by atoms with Crippen molar-refractivity contribution in [3.8, 4) is 12.1 Å². The first kappa shape index (κ1) is 29.6. The van der Waals surface area contributed by atoms with Crippen LogP contribution < -0.4 is 14.5 Å². The maximum absolute atomic E-state index is 14.3. The van der Waals surface area contributed by atoms with Crippen molar-refractivity contribution in [1.82, 2.24) is 24.8 Å². The van der Waals surface area contributed by atoms with Crippen LogP contribution in [0.4, 0.5) is 24.7 Å². The third-order valence-electron chi connectivity index (χ3n) is 8.82. The lowest BCUT2D eigenvalue weighted by atomic mass is 10.0. The summed E-state index contributed by atoms with van der Waals surface area (Å²) in [7, 11) is 2.06. The van der Waals surface area contributed by atoms with Crippen molar-refractivity contribution in [3.05, 3.63) is 59.8 Å². The molecule has 44 heavy (non-hydrogen) atoms. The van der Waals surface area contributed by atoms with Crippen molar-refractivity contribution in [1.29, 1.82) is 5.26 Å². The van der Waals surface area contributed by atoms with Crippen LogP contribution in [-0.2, 0) is 17.8 Å². The third kappa shape index (κ3) is 5.74. The van der Waals surface area contributed by atoms with Crippen LogP contribution in [0.15, 0.2) is 36.9 Å². The molecule has 3 aromatic rings. The molecule has 0 aliphatic carbocycles. The van der Waals surface area contributed by atoms with Crippen LogP contribution in [0.1, 0.15) is 30.5 Å². The predicted octanol–water partition coefficient (Wildman–Crippen LogP) is 3.75. The summed E-state index contributed by atoms with van der Waals surface area (Å²) in [6, 6.07) is 4.36. The van der Waals surface area contributed by atoms with Crippen molar-refractivity contribution < 1.29 is 22.7 Å². The van der Waals surface area contributed by atoms with Gasteiger partial charge in [-0.25, -0.2) is 13.2 Å². The molecule has 10 nitrogen and oxygen atoms in total. The van der Waals surface area contributed by atoms with Crippen LogP contribution in [0.25, 0.3) is 10.8 Å². The zero-order chi connectivity index (χ0) is 31.0. The number of benzene rings is 1. The van der Waals surface area contributed by atoms with E-state index in [1.165, 1.54) is 17.2 Å². The van der Waals surface area contributed by atoms with E-state index in [-0.39, 0.29) is 31.6 Å². The van der Waals surface area contributed by atoms with Gasteiger partial charge in [0.25, 0.3) is 5.91 Å². The molecule has 230 valence electrons. The monoisotopic (exact) mass is 606 g/mol. The Kier molecular flexibility index (Phi) is 8.27. The van der Waals surface area contributed by atoms with E-state index in [1.54, 1.807) is 6.20 Å². The van der Waals surface area contributed by atoms with Crippen molar-refractivity contribution in [3.63, 3.8) is 0 Å². The molecule has 0 bridgehead atoms. The number of nitriles is 1. The quantitative estimate of drug-likeness (QED) is 0.372. The van der Waals surface area contributed by atoms with Crippen LogP contribution in [-0.4, -0.2) is 89.1 Å². The molecule has 2 saturated heterocycles. The summed E-state index contributed by atoms with van der Waals surface area (Å²) in [5.74, 6) is -3.07. The number of nitrogens with zero attached hydrogens (tertiary/aromatic N) is 8. The zero-order valence-electron chi connectivity index (χ0n) is 24.5. The first-order chi connectivity index (χ1) is 21.2. The fraction of sp³-hybridized carbons (Fsp3) is 0.452. The maximum atomic E-state index is 14.3. The maximum Gasteiger partial charge on any atom is 0.318 e. The Labute approximate surface area is 253 Å². The van der Waals surface area contributed by atoms with E-state index < -0.39 is 29.4 Å². The van der Waals surface area contributed by atoms with Crippen LogP contribution in [0.3, 0.4) is 0 Å². The lowest BCUT2D eigenvalue weighted by Crippen LogP contribution is -2.55. The van der Waals surface area contributed by atoms with Crippen molar-refractivity contribution in [2.45, 2.75) is 44.3 Å². The minimum Gasteiger partial charge on any atom is -0.462 e. The molecule has 3 aliphatic heterocycles. The Bertz CT molecular complexity index is 1650. The summed E-state index contributed by atoms with van der Waals surface area (Å²) >= 11 is 0. The summed E-state index contributed by atoms with van der Waals surface area (Å²) in [5, 5.41) is 10.5. The van der Waals surface area contributed by atoms with Gasteiger partial charge in [-0.1, -0.05) is 6.58 Å². The van der Waals surface area contributed by atoms with Crippen LogP contribution in [0.5, 0.6) is 6.01 Å². The number of ether oxygens (including phenoxy) is 1. The van der Waals surface area contributed by atoms with Gasteiger partial charge in [-0.2, -0.15) is 15.2 Å². The van der Waals surface area contributed by atoms with Gasteiger partial charge in [-0.15, -0.1) is 0 Å². The molecule has 0 saturated carbocycles. The molecule has 6 rings (SSSR count). The second-order valence-electron chi connectivity index (χ2n) is 11.5. The number of hydrogen-bond acceptors (Lipinski definition) is 9. The topological polar surface area (TPSA) is 102 Å². The van der Waals surface area contributed by atoms with E-state index in [9.17, 15) is 23.2 Å². The molecule has 0 N–H and O–H groups in total. The highest BCUT2D eigenvalue weighted by Gasteiger charge is 2.35. The van der Waals surface area contributed by atoms with E-state index in [0.29, 0.717) is 54.9 Å². The van der Waals surface area contributed by atoms with Crippen LogP contribution in [0, 0.1) is 23.0 Å². The normalized spacial score (nSPS) is 20.5. The Hall–Kier alpha value is -4.44. The molecule has 0 spiro atoms. The van der Waals surface area contributed by atoms with E-state index in [1.807, 2.05) is 9.80 Å². The molecule has 0 radical (unpaired) electrons. The van der Waals surface area contributed by atoms with Gasteiger partial charge in [0.05, 0.1) is 42.7 Å². The summed E-state index contributed by atoms with van der Waals surface area (Å²) < 4.78 is 48.2. The number of amides is 1. The molecule has 2 fully saturated rings. The van der Waals surface area contributed by atoms with Crippen molar-refractivity contribution >= 4 is 28.2 Å². The van der Waals surface area contributed by atoms with E-state index in [2.05, 4.69) is 29.6 Å². The second kappa shape index (κ2) is 12.3.